The van der Waals surface area contributed by atoms with Crippen molar-refractivity contribution in [1.82, 2.24) is 10.2 Å². The van der Waals surface area contributed by atoms with Crippen LogP contribution in [-0.4, -0.2) is 51.2 Å². The van der Waals surface area contributed by atoms with Crippen molar-refractivity contribution in [2.24, 2.45) is 0 Å². The summed E-state index contributed by atoms with van der Waals surface area (Å²) in [6, 6.07) is 10.7. The van der Waals surface area contributed by atoms with Gasteiger partial charge in [-0.1, -0.05) is 18.2 Å². The van der Waals surface area contributed by atoms with E-state index >= 15 is 0 Å². The van der Waals surface area contributed by atoms with Crippen LogP contribution in [0.5, 0.6) is 0 Å². The Kier molecular flexibility index (Phi) is 4.83. The van der Waals surface area contributed by atoms with Crippen LogP contribution >= 0.6 is 0 Å². The molecule has 0 spiro atoms. The van der Waals surface area contributed by atoms with E-state index < -0.39 is 0 Å². The van der Waals surface area contributed by atoms with Crippen molar-refractivity contribution in [2.45, 2.75) is 6.42 Å². The van der Waals surface area contributed by atoms with Gasteiger partial charge in [0.25, 0.3) is 0 Å². The van der Waals surface area contributed by atoms with Crippen LogP contribution < -0.4 is 10.2 Å². The normalized spacial score (nSPS) is 17.4. The van der Waals surface area contributed by atoms with Gasteiger partial charge in [-0.2, -0.15) is 0 Å². The van der Waals surface area contributed by atoms with E-state index in [0.717, 1.165) is 19.6 Å². The molecule has 2 rings (SSSR count). The predicted molar refractivity (Wildman–Crippen MR) is 73.6 cm³/mol. The SMILES string of the molecule is CNCCCN1CCN(c2ccccc2)CC1. The Morgan fingerprint density at radius 2 is 1.76 bits per heavy atom. The number of anilines is 1. The number of benzene rings is 1. The average Bonchev–Trinajstić information content (AvgIpc) is 2.41. The molecule has 3 heteroatoms. The summed E-state index contributed by atoms with van der Waals surface area (Å²) in [7, 11) is 2.02. The Bertz CT molecular complexity index is 305. The number of piperazine rings is 1. The standard InChI is InChI=1S/C14H23N3/c1-15-8-5-9-16-10-12-17(13-11-16)14-6-3-2-4-7-14/h2-4,6-7,15H,5,8-13H2,1H3. The molecule has 0 aromatic heterocycles. The fourth-order valence-electron chi connectivity index (χ4n) is 2.35. The van der Waals surface area contributed by atoms with Crippen molar-refractivity contribution in [2.75, 3.05) is 51.2 Å². The van der Waals surface area contributed by atoms with Crippen LogP contribution in [0.3, 0.4) is 0 Å². The lowest BCUT2D eigenvalue weighted by Gasteiger charge is -2.36. The number of rotatable bonds is 5. The second-order valence-electron chi connectivity index (χ2n) is 4.62. The molecule has 1 heterocycles. The van der Waals surface area contributed by atoms with Crippen LogP contribution in [0.4, 0.5) is 5.69 Å². The fraction of sp³-hybridized carbons (Fsp3) is 0.571. The quantitative estimate of drug-likeness (QED) is 0.776. The molecule has 0 aliphatic carbocycles. The number of hydrogen-bond donors (Lipinski definition) is 1. The van der Waals surface area contributed by atoms with Gasteiger partial charge < -0.3 is 10.2 Å². The molecular formula is C14H23N3. The zero-order chi connectivity index (χ0) is 11.9. The largest absolute Gasteiger partial charge is 0.369 e. The average molecular weight is 233 g/mol. The summed E-state index contributed by atoms with van der Waals surface area (Å²) in [5, 5.41) is 3.20. The minimum atomic E-state index is 1.12. The predicted octanol–water partition coefficient (Wildman–Crippen LogP) is 1.42. The summed E-state index contributed by atoms with van der Waals surface area (Å²) in [6.45, 7) is 7.05. The van der Waals surface area contributed by atoms with E-state index in [4.69, 9.17) is 0 Å². The molecule has 1 saturated heterocycles. The third-order valence-electron chi connectivity index (χ3n) is 3.39. The fourth-order valence-corrected chi connectivity index (χ4v) is 2.35. The van der Waals surface area contributed by atoms with Crippen molar-refractivity contribution in [3.8, 4) is 0 Å². The van der Waals surface area contributed by atoms with Gasteiger partial charge in [0.2, 0.25) is 0 Å². The third-order valence-corrected chi connectivity index (χ3v) is 3.39. The smallest absolute Gasteiger partial charge is 0.0367 e. The van der Waals surface area contributed by atoms with Crippen LogP contribution in [0, 0.1) is 0 Å². The Balaban J connectivity index is 1.74. The highest BCUT2D eigenvalue weighted by Crippen LogP contribution is 2.15. The monoisotopic (exact) mass is 233 g/mol. The molecule has 0 atom stereocenters. The van der Waals surface area contributed by atoms with Gasteiger partial charge in [0, 0.05) is 31.9 Å². The van der Waals surface area contributed by atoms with Gasteiger partial charge in [-0.05, 0) is 38.7 Å². The molecule has 94 valence electrons. The van der Waals surface area contributed by atoms with Crippen LogP contribution in [0.2, 0.25) is 0 Å². The van der Waals surface area contributed by atoms with Crippen LogP contribution in [-0.2, 0) is 0 Å². The van der Waals surface area contributed by atoms with Gasteiger partial charge in [-0.15, -0.1) is 0 Å². The molecule has 0 bridgehead atoms. The second-order valence-corrected chi connectivity index (χ2v) is 4.62. The summed E-state index contributed by atoms with van der Waals surface area (Å²) in [5.41, 5.74) is 1.36. The third kappa shape index (κ3) is 3.72. The lowest BCUT2D eigenvalue weighted by molar-refractivity contribution is 0.254. The molecule has 0 unspecified atom stereocenters. The molecule has 17 heavy (non-hydrogen) atoms. The van der Waals surface area contributed by atoms with Crippen LogP contribution in [0.15, 0.2) is 30.3 Å². The maximum atomic E-state index is 3.20. The lowest BCUT2D eigenvalue weighted by Crippen LogP contribution is -2.46. The minimum absolute atomic E-state index is 1.12. The molecule has 1 fully saturated rings. The van der Waals surface area contributed by atoms with Gasteiger partial charge in [0.1, 0.15) is 0 Å². The highest BCUT2D eigenvalue weighted by molar-refractivity contribution is 5.46. The maximum Gasteiger partial charge on any atom is 0.0367 e. The van der Waals surface area contributed by atoms with E-state index in [1.807, 2.05) is 7.05 Å². The molecule has 0 saturated carbocycles. The first-order valence-electron chi connectivity index (χ1n) is 6.57. The Hall–Kier alpha value is -1.06. The lowest BCUT2D eigenvalue weighted by atomic mass is 10.2. The molecular weight excluding hydrogens is 210 g/mol. The molecule has 1 aromatic carbocycles. The number of para-hydroxylation sites is 1. The van der Waals surface area contributed by atoms with Crippen LogP contribution in [0.1, 0.15) is 6.42 Å². The summed E-state index contributed by atoms with van der Waals surface area (Å²) in [4.78, 5) is 5.05. The van der Waals surface area contributed by atoms with Crippen molar-refractivity contribution in [3.63, 3.8) is 0 Å². The molecule has 1 N–H and O–H groups in total. The highest BCUT2D eigenvalue weighted by Gasteiger charge is 2.16. The molecule has 1 aliphatic rings. The Morgan fingerprint density at radius 1 is 1.06 bits per heavy atom. The van der Waals surface area contributed by atoms with Crippen LogP contribution in [0.25, 0.3) is 0 Å². The van der Waals surface area contributed by atoms with E-state index in [9.17, 15) is 0 Å². The second kappa shape index (κ2) is 6.62. The van der Waals surface area contributed by atoms with Gasteiger partial charge in [-0.25, -0.2) is 0 Å². The first kappa shape index (κ1) is 12.4. The van der Waals surface area contributed by atoms with E-state index in [1.165, 1.54) is 31.7 Å². The Labute approximate surface area is 104 Å². The first-order chi connectivity index (χ1) is 8.40. The maximum absolute atomic E-state index is 3.20. The van der Waals surface area contributed by atoms with E-state index in [0.29, 0.717) is 0 Å². The molecule has 1 aliphatic heterocycles. The zero-order valence-corrected chi connectivity index (χ0v) is 10.7. The Morgan fingerprint density at radius 3 is 2.41 bits per heavy atom. The van der Waals surface area contributed by atoms with Gasteiger partial charge in [-0.3, -0.25) is 4.90 Å². The van der Waals surface area contributed by atoms with Crippen molar-refractivity contribution >= 4 is 5.69 Å². The summed E-state index contributed by atoms with van der Waals surface area (Å²) in [6.07, 6.45) is 1.25. The molecule has 0 amide bonds. The summed E-state index contributed by atoms with van der Waals surface area (Å²) >= 11 is 0. The highest BCUT2D eigenvalue weighted by atomic mass is 15.3. The molecule has 0 radical (unpaired) electrons. The van der Waals surface area contributed by atoms with Gasteiger partial charge in [0.05, 0.1) is 0 Å². The number of nitrogens with zero attached hydrogens (tertiary/aromatic N) is 2. The summed E-state index contributed by atoms with van der Waals surface area (Å²) in [5.74, 6) is 0. The van der Waals surface area contributed by atoms with E-state index in [2.05, 4.69) is 45.4 Å². The van der Waals surface area contributed by atoms with Gasteiger partial charge in [0.15, 0.2) is 0 Å². The summed E-state index contributed by atoms with van der Waals surface area (Å²) < 4.78 is 0. The van der Waals surface area contributed by atoms with E-state index in [-0.39, 0.29) is 0 Å². The minimum Gasteiger partial charge on any atom is -0.369 e. The molecule has 3 nitrogen and oxygen atoms in total. The number of hydrogen-bond acceptors (Lipinski definition) is 3. The topological polar surface area (TPSA) is 18.5 Å². The van der Waals surface area contributed by atoms with Gasteiger partial charge >= 0.3 is 0 Å². The van der Waals surface area contributed by atoms with Crippen molar-refractivity contribution < 1.29 is 0 Å². The first-order valence-corrected chi connectivity index (χ1v) is 6.57. The van der Waals surface area contributed by atoms with E-state index in [1.54, 1.807) is 0 Å². The zero-order valence-electron chi connectivity index (χ0n) is 10.7. The molecule has 1 aromatic rings. The van der Waals surface area contributed by atoms with Crippen molar-refractivity contribution in [1.29, 1.82) is 0 Å². The van der Waals surface area contributed by atoms with Crippen molar-refractivity contribution in [3.05, 3.63) is 30.3 Å². The number of nitrogens with one attached hydrogen (secondary N) is 1.